The molecule has 0 aliphatic rings. The van der Waals surface area contributed by atoms with Crippen molar-refractivity contribution in [3.8, 4) is 16.9 Å². The predicted octanol–water partition coefficient (Wildman–Crippen LogP) is 5.94. The molecule has 0 aliphatic carbocycles. The summed E-state index contributed by atoms with van der Waals surface area (Å²) in [7, 11) is 0. The molecule has 2 aromatic carbocycles. The number of thiol groups is 1. The van der Waals surface area contributed by atoms with Gasteiger partial charge in [0.15, 0.2) is 0 Å². The van der Waals surface area contributed by atoms with E-state index in [0.29, 0.717) is 0 Å². The Kier molecular flexibility index (Phi) is 4.36. The maximum Gasteiger partial charge on any atom is 0.116 e. The van der Waals surface area contributed by atoms with Crippen LogP contribution >= 0.6 is 12.6 Å². The van der Waals surface area contributed by atoms with Crippen LogP contribution in [0.2, 0.25) is 0 Å². The molecule has 1 N–H and O–H groups in total. The lowest BCUT2D eigenvalue weighted by Crippen LogP contribution is -2.16. The van der Waals surface area contributed by atoms with Gasteiger partial charge in [-0.25, -0.2) is 0 Å². The fourth-order valence-corrected chi connectivity index (χ4v) is 2.67. The minimum atomic E-state index is 0.0730. The van der Waals surface area contributed by atoms with Crippen LogP contribution in [0.3, 0.4) is 0 Å². The van der Waals surface area contributed by atoms with Crippen molar-refractivity contribution in [1.82, 2.24) is 0 Å². The molecule has 0 radical (unpaired) electrons. The van der Waals surface area contributed by atoms with E-state index in [1.165, 1.54) is 11.1 Å². The molecule has 0 aromatic heterocycles. The van der Waals surface area contributed by atoms with Gasteiger partial charge in [-0.1, -0.05) is 59.7 Å². The molecule has 0 spiro atoms. The largest absolute Gasteiger partial charge is 0.508 e. The molecule has 0 amide bonds. The van der Waals surface area contributed by atoms with Crippen molar-refractivity contribution in [2.75, 3.05) is 0 Å². The van der Waals surface area contributed by atoms with Gasteiger partial charge >= 0.3 is 0 Å². The van der Waals surface area contributed by atoms with Crippen molar-refractivity contribution in [2.45, 2.75) is 57.3 Å². The molecular weight excluding hydrogens is 288 g/mol. The Morgan fingerprint density at radius 3 is 1.73 bits per heavy atom. The summed E-state index contributed by atoms with van der Waals surface area (Å²) < 4.78 is 0. The Bertz CT molecular complexity index is 656. The zero-order valence-corrected chi connectivity index (χ0v) is 15.3. The minimum absolute atomic E-state index is 0.0730. The highest BCUT2D eigenvalue weighted by Gasteiger charge is 2.21. The molecule has 0 bridgehead atoms. The molecule has 0 unspecified atom stereocenters. The monoisotopic (exact) mass is 314 g/mol. The van der Waals surface area contributed by atoms with Crippen molar-refractivity contribution in [2.24, 2.45) is 0 Å². The summed E-state index contributed by atoms with van der Waals surface area (Å²) in [6, 6.07) is 12.0. The Morgan fingerprint density at radius 2 is 1.27 bits per heavy atom. The van der Waals surface area contributed by atoms with Gasteiger partial charge in [-0.2, -0.15) is 0 Å². The summed E-state index contributed by atoms with van der Waals surface area (Å²) in [6.07, 6.45) is 0. The molecule has 0 saturated heterocycles. The second-order valence-electron chi connectivity index (χ2n) is 8.00. The minimum Gasteiger partial charge on any atom is -0.508 e. The summed E-state index contributed by atoms with van der Waals surface area (Å²) in [4.78, 5) is 0.878. The van der Waals surface area contributed by atoms with Crippen molar-refractivity contribution in [1.29, 1.82) is 0 Å². The predicted molar refractivity (Wildman–Crippen MR) is 98.2 cm³/mol. The van der Waals surface area contributed by atoms with Crippen LogP contribution < -0.4 is 0 Å². The molecule has 22 heavy (non-hydrogen) atoms. The Morgan fingerprint density at radius 1 is 0.773 bits per heavy atom. The van der Waals surface area contributed by atoms with E-state index in [4.69, 9.17) is 0 Å². The second kappa shape index (κ2) is 5.66. The number of benzene rings is 2. The van der Waals surface area contributed by atoms with Gasteiger partial charge in [-0.15, -0.1) is 12.6 Å². The first-order valence-corrected chi connectivity index (χ1v) is 8.11. The van der Waals surface area contributed by atoms with Crippen LogP contribution in [0.25, 0.3) is 11.1 Å². The van der Waals surface area contributed by atoms with Crippen molar-refractivity contribution in [3.05, 3.63) is 47.5 Å². The maximum atomic E-state index is 9.82. The lowest BCUT2D eigenvalue weighted by molar-refractivity contribution is 0.475. The van der Waals surface area contributed by atoms with Crippen LogP contribution in [0.5, 0.6) is 5.75 Å². The van der Waals surface area contributed by atoms with Crippen LogP contribution in [-0.2, 0) is 10.8 Å². The molecule has 118 valence electrons. The maximum absolute atomic E-state index is 9.82. The summed E-state index contributed by atoms with van der Waals surface area (Å²) in [5, 5.41) is 9.82. The van der Waals surface area contributed by atoms with E-state index in [-0.39, 0.29) is 16.6 Å². The number of rotatable bonds is 1. The third-order valence-electron chi connectivity index (χ3n) is 3.96. The van der Waals surface area contributed by atoms with Gasteiger partial charge in [-0.3, -0.25) is 0 Å². The first-order chi connectivity index (χ1) is 9.98. The molecule has 0 fully saturated rings. The topological polar surface area (TPSA) is 20.2 Å². The quantitative estimate of drug-likeness (QED) is 0.624. The number of hydrogen-bond acceptors (Lipinski definition) is 2. The zero-order chi connectivity index (χ0) is 16.7. The lowest BCUT2D eigenvalue weighted by atomic mass is 9.79. The third-order valence-corrected chi connectivity index (χ3v) is 4.35. The van der Waals surface area contributed by atoms with E-state index in [0.717, 1.165) is 16.0 Å². The lowest BCUT2D eigenvalue weighted by Gasteiger charge is -2.26. The highest BCUT2D eigenvalue weighted by molar-refractivity contribution is 7.80. The van der Waals surface area contributed by atoms with Gasteiger partial charge in [0.25, 0.3) is 0 Å². The summed E-state index contributed by atoms with van der Waals surface area (Å²) >= 11 is 4.56. The van der Waals surface area contributed by atoms with E-state index in [1.54, 1.807) is 12.1 Å². The smallest absolute Gasteiger partial charge is 0.116 e. The van der Waals surface area contributed by atoms with Gasteiger partial charge < -0.3 is 5.11 Å². The molecule has 2 aromatic rings. The van der Waals surface area contributed by atoms with Crippen LogP contribution in [0.4, 0.5) is 0 Å². The SMILES string of the molecule is CC(C)(C)c1cc(-c2cc(O)ccc2S)cc(C(C)(C)C)c1. The number of aromatic hydroxyl groups is 1. The van der Waals surface area contributed by atoms with Gasteiger partial charge in [0.2, 0.25) is 0 Å². The van der Waals surface area contributed by atoms with Crippen LogP contribution in [-0.4, -0.2) is 5.11 Å². The molecule has 0 atom stereocenters. The molecule has 2 heteroatoms. The van der Waals surface area contributed by atoms with E-state index >= 15 is 0 Å². The fourth-order valence-electron chi connectivity index (χ4n) is 2.40. The third kappa shape index (κ3) is 3.67. The molecule has 2 rings (SSSR count). The first kappa shape index (κ1) is 17.0. The van der Waals surface area contributed by atoms with E-state index in [2.05, 4.69) is 72.4 Å². The van der Waals surface area contributed by atoms with Crippen molar-refractivity contribution >= 4 is 12.6 Å². The zero-order valence-electron chi connectivity index (χ0n) is 14.4. The normalized spacial score (nSPS) is 12.5. The fraction of sp³-hybridized carbons (Fsp3) is 0.400. The van der Waals surface area contributed by atoms with Gasteiger partial charge in [0, 0.05) is 4.90 Å². The van der Waals surface area contributed by atoms with Crippen LogP contribution in [0.15, 0.2) is 41.3 Å². The molecule has 1 nitrogen and oxygen atoms in total. The molecular formula is C20H26OS. The summed E-state index contributed by atoms with van der Waals surface area (Å²) in [5.41, 5.74) is 4.82. The average molecular weight is 314 g/mol. The first-order valence-electron chi connectivity index (χ1n) is 7.67. The van der Waals surface area contributed by atoms with Crippen LogP contribution in [0.1, 0.15) is 52.7 Å². The van der Waals surface area contributed by atoms with Crippen molar-refractivity contribution < 1.29 is 5.11 Å². The molecule has 0 heterocycles. The molecule has 0 aliphatic heterocycles. The van der Waals surface area contributed by atoms with Gasteiger partial charge in [0.1, 0.15) is 5.75 Å². The molecule has 0 saturated carbocycles. The number of hydrogen-bond donors (Lipinski definition) is 2. The second-order valence-corrected chi connectivity index (χ2v) is 8.48. The summed E-state index contributed by atoms with van der Waals surface area (Å²) in [5.74, 6) is 0.270. The van der Waals surface area contributed by atoms with E-state index in [9.17, 15) is 5.11 Å². The van der Waals surface area contributed by atoms with Crippen molar-refractivity contribution in [3.63, 3.8) is 0 Å². The number of phenols is 1. The Labute approximate surface area is 139 Å². The highest BCUT2D eigenvalue weighted by atomic mass is 32.1. The highest BCUT2D eigenvalue weighted by Crippen LogP contribution is 2.36. The standard InChI is InChI=1S/C20H26OS/c1-19(2,3)14-9-13(10-15(11-14)20(4,5)6)17-12-16(21)7-8-18(17)22/h7-12,21-22H,1-6H3. The number of phenolic OH excluding ortho intramolecular Hbond substituents is 1. The Hall–Kier alpha value is -1.41. The Balaban J connectivity index is 2.73. The summed E-state index contributed by atoms with van der Waals surface area (Å²) in [6.45, 7) is 13.3. The van der Waals surface area contributed by atoms with Gasteiger partial charge in [-0.05, 0) is 51.3 Å². The van der Waals surface area contributed by atoms with E-state index in [1.807, 2.05) is 6.07 Å². The van der Waals surface area contributed by atoms with Gasteiger partial charge in [0.05, 0.1) is 0 Å². The van der Waals surface area contributed by atoms with Crippen LogP contribution in [0, 0.1) is 0 Å². The van der Waals surface area contributed by atoms with E-state index < -0.39 is 0 Å². The average Bonchev–Trinajstić information content (AvgIpc) is 2.39.